The van der Waals surface area contributed by atoms with Gasteiger partial charge in [-0.05, 0) is 74.4 Å². The second-order valence-corrected chi connectivity index (χ2v) is 10.9. The first-order valence-corrected chi connectivity index (χ1v) is 14.1. The van der Waals surface area contributed by atoms with E-state index in [2.05, 4.69) is 5.32 Å². The summed E-state index contributed by atoms with van der Waals surface area (Å²) in [5.41, 5.74) is 1.93. The highest BCUT2D eigenvalue weighted by Crippen LogP contribution is 2.25. The van der Waals surface area contributed by atoms with Gasteiger partial charge in [0.05, 0.1) is 17.7 Å². The fraction of sp³-hybridized carbons (Fsp3) is 0.310. The molecule has 0 aromatic heterocycles. The summed E-state index contributed by atoms with van der Waals surface area (Å²) in [5.74, 6) is -0.825. The van der Waals surface area contributed by atoms with Gasteiger partial charge in [-0.1, -0.05) is 36.8 Å². The van der Waals surface area contributed by atoms with E-state index in [4.69, 9.17) is 4.74 Å². The Morgan fingerprint density at radius 1 is 0.949 bits per heavy atom. The summed E-state index contributed by atoms with van der Waals surface area (Å²) in [6.45, 7) is 5.35. The van der Waals surface area contributed by atoms with Gasteiger partial charge in [0.1, 0.15) is 24.2 Å². The lowest BCUT2D eigenvalue weighted by atomic mass is 10.1. The molecule has 0 bridgehead atoms. The Hall–Kier alpha value is -3.92. The SMILES string of the molecule is CCNC(=O)[C@H](CC)N(Cc1ccc(OC)cc1)C(=O)CN(c1ccc(C)cc1)S(=O)(=O)c1ccc(F)cc1. The van der Waals surface area contributed by atoms with E-state index in [1.54, 1.807) is 69.5 Å². The highest BCUT2D eigenvalue weighted by Gasteiger charge is 2.33. The third kappa shape index (κ3) is 7.35. The maximum absolute atomic E-state index is 13.9. The number of aryl methyl sites for hydroxylation is 1. The van der Waals surface area contributed by atoms with Crippen LogP contribution in [0.25, 0.3) is 0 Å². The van der Waals surface area contributed by atoms with Crippen molar-refractivity contribution in [1.29, 1.82) is 0 Å². The van der Waals surface area contributed by atoms with Crippen molar-refractivity contribution in [2.45, 2.75) is 44.7 Å². The van der Waals surface area contributed by atoms with Crippen LogP contribution in [0.3, 0.4) is 0 Å². The summed E-state index contributed by atoms with van der Waals surface area (Å²) >= 11 is 0. The molecule has 3 rings (SSSR count). The van der Waals surface area contributed by atoms with Crippen molar-refractivity contribution in [3.63, 3.8) is 0 Å². The quantitative estimate of drug-likeness (QED) is 0.360. The van der Waals surface area contributed by atoms with Crippen molar-refractivity contribution in [2.24, 2.45) is 0 Å². The van der Waals surface area contributed by atoms with Gasteiger partial charge in [-0.15, -0.1) is 0 Å². The number of halogens is 1. The molecular formula is C29H34FN3O5S. The smallest absolute Gasteiger partial charge is 0.264 e. The average Bonchev–Trinajstić information content (AvgIpc) is 2.92. The first-order valence-electron chi connectivity index (χ1n) is 12.7. The van der Waals surface area contributed by atoms with Gasteiger partial charge < -0.3 is 15.0 Å². The molecule has 0 aliphatic heterocycles. The van der Waals surface area contributed by atoms with Gasteiger partial charge in [-0.3, -0.25) is 13.9 Å². The van der Waals surface area contributed by atoms with Crippen molar-refractivity contribution in [2.75, 3.05) is 24.5 Å². The van der Waals surface area contributed by atoms with Gasteiger partial charge in [0.25, 0.3) is 10.0 Å². The number of nitrogens with zero attached hydrogens (tertiary/aromatic N) is 2. The molecule has 3 aromatic carbocycles. The standard InChI is InChI=1S/C29H34FN3O5S/c1-5-27(29(35)31-6-2)32(19-22-9-15-25(38-4)16-10-22)28(34)20-33(24-13-7-21(3)8-14-24)39(36,37)26-17-11-23(30)12-18-26/h7-18,27H,5-6,19-20H2,1-4H3,(H,31,35)/t27-/m0/s1. The monoisotopic (exact) mass is 555 g/mol. The van der Waals surface area contributed by atoms with Gasteiger partial charge >= 0.3 is 0 Å². The van der Waals surface area contributed by atoms with Crippen molar-refractivity contribution in [3.05, 3.63) is 89.7 Å². The Balaban J connectivity index is 2.04. The third-order valence-corrected chi connectivity index (χ3v) is 8.04. The van der Waals surface area contributed by atoms with Crippen LogP contribution in [-0.4, -0.2) is 51.4 Å². The summed E-state index contributed by atoms with van der Waals surface area (Å²) in [6.07, 6.45) is 0.322. The Morgan fingerprint density at radius 3 is 2.10 bits per heavy atom. The van der Waals surface area contributed by atoms with E-state index in [1.807, 2.05) is 6.92 Å². The highest BCUT2D eigenvalue weighted by molar-refractivity contribution is 7.92. The first-order chi connectivity index (χ1) is 18.6. The van der Waals surface area contributed by atoms with E-state index in [-0.39, 0.29) is 23.0 Å². The number of benzene rings is 3. The van der Waals surface area contributed by atoms with Crippen LogP contribution in [0.1, 0.15) is 31.4 Å². The molecule has 39 heavy (non-hydrogen) atoms. The number of amides is 2. The minimum atomic E-state index is -4.25. The molecule has 0 spiro atoms. The van der Waals surface area contributed by atoms with Crippen molar-refractivity contribution < 1.29 is 27.1 Å². The Morgan fingerprint density at radius 2 is 1.56 bits per heavy atom. The van der Waals surface area contributed by atoms with Crippen LogP contribution >= 0.6 is 0 Å². The molecule has 0 saturated carbocycles. The van der Waals surface area contributed by atoms with Gasteiger partial charge in [-0.25, -0.2) is 12.8 Å². The summed E-state index contributed by atoms with van der Waals surface area (Å²) in [5, 5.41) is 2.77. The number of carbonyl (C=O) groups excluding carboxylic acids is 2. The van der Waals surface area contributed by atoms with E-state index in [0.29, 0.717) is 18.7 Å². The maximum Gasteiger partial charge on any atom is 0.264 e. The summed E-state index contributed by atoms with van der Waals surface area (Å²) in [6, 6.07) is 17.4. The number of hydrogen-bond donors (Lipinski definition) is 1. The predicted molar refractivity (Wildman–Crippen MR) is 148 cm³/mol. The molecule has 1 atom stereocenters. The third-order valence-electron chi connectivity index (χ3n) is 6.25. The molecule has 0 heterocycles. The lowest BCUT2D eigenvalue weighted by molar-refractivity contribution is -0.140. The number of sulfonamides is 1. The number of nitrogens with one attached hydrogen (secondary N) is 1. The normalized spacial score (nSPS) is 11.9. The first kappa shape index (κ1) is 29.6. The van der Waals surface area contributed by atoms with Crippen LogP contribution in [0.2, 0.25) is 0 Å². The molecule has 2 amide bonds. The molecule has 0 aliphatic rings. The second kappa shape index (κ2) is 13.2. The number of anilines is 1. The van der Waals surface area contributed by atoms with Crippen LogP contribution in [-0.2, 0) is 26.2 Å². The summed E-state index contributed by atoms with van der Waals surface area (Å²) in [7, 11) is -2.71. The Kier molecular flexibility index (Phi) is 10.1. The topological polar surface area (TPSA) is 96.0 Å². The van der Waals surface area contributed by atoms with E-state index in [9.17, 15) is 22.4 Å². The van der Waals surface area contributed by atoms with Gasteiger partial charge in [0.2, 0.25) is 11.8 Å². The predicted octanol–water partition coefficient (Wildman–Crippen LogP) is 4.28. The van der Waals surface area contributed by atoms with E-state index < -0.39 is 34.3 Å². The lowest BCUT2D eigenvalue weighted by Gasteiger charge is -2.33. The van der Waals surface area contributed by atoms with Gasteiger partial charge in [0.15, 0.2) is 0 Å². The molecule has 8 nitrogen and oxygen atoms in total. The molecule has 0 fully saturated rings. The van der Waals surface area contributed by atoms with Crippen LogP contribution in [0.5, 0.6) is 5.75 Å². The fourth-order valence-electron chi connectivity index (χ4n) is 4.11. The Bertz CT molecular complexity index is 1360. The molecular weight excluding hydrogens is 521 g/mol. The maximum atomic E-state index is 13.9. The van der Waals surface area contributed by atoms with Crippen LogP contribution in [0, 0.1) is 12.7 Å². The zero-order valence-corrected chi connectivity index (χ0v) is 23.4. The zero-order chi connectivity index (χ0) is 28.6. The van der Waals surface area contributed by atoms with Crippen molar-refractivity contribution >= 4 is 27.5 Å². The number of carbonyl (C=O) groups is 2. The minimum Gasteiger partial charge on any atom is -0.497 e. The average molecular weight is 556 g/mol. The molecule has 1 N–H and O–H groups in total. The molecule has 0 unspecified atom stereocenters. The van der Waals surface area contributed by atoms with E-state index in [1.165, 1.54) is 4.90 Å². The summed E-state index contributed by atoms with van der Waals surface area (Å²) in [4.78, 5) is 28.1. The second-order valence-electron chi connectivity index (χ2n) is 8.99. The van der Waals surface area contributed by atoms with Gasteiger partial charge in [-0.2, -0.15) is 0 Å². The molecule has 208 valence electrons. The minimum absolute atomic E-state index is 0.0802. The van der Waals surface area contributed by atoms with Crippen molar-refractivity contribution in [3.8, 4) is 5.75 Å². The number of rotatable bonds is 12. The summed E-state index contributed by atoms with van der Waals surface area (Å²) < 4.78 is 47.2. The highest BCUT2D eigenvalue weighted by atomic mass is 32.2. The number of methoxy groups -OCH3 is 1. The number of likely N-dealkylation sites (N-methyl/N-ethyl adjacent to an activating group) is 1. The molecule has 10 heteroatoms. The van der Waals surface area contributed by atoms with Crippen LogP contribution in [0.15, 0.2) is 77.7 Å². The number of ether oxygens (including phenoxy) is 1. The largest absolute Gasteiger partial charge is 0.497 e. The van der Waals surface area contributed by atoms with Crippen LogP contribution < -0.4 is 14.4 Å². The molecule has 0 radical (unpaired) electrons. The van der Waals surface area contributed by atoms with Crippen LogP contribution in [0.4, 0.5) is 10.1 Å². The van der Waals surface area contributed by atoms with Crippen molar-refractivity contribution in [1.82, 2.24) is 10.2 Å². The lowest BCUT2D eigenvalue weighted by Crippen LogP contribution is -2.52. The number of hydrogen-bond acceptors (Lipinski definition) is 5. The molecule has 3 aromatic rings. The van der Waals surface area contributed by atoms with E-state index >= 15 is 0 Å². The molecule has 0 aliphatic carbocycles. The zero-order valence-electron chi connectivity index (χ0n) is 22.6. The Labute approximate surface area is 229 Å². The van der Waals surface area contributed by atoms with Gasteiger partial charge in [0, 0.05) is 13.1 Å². The van der Waals surface area contributed by atoms with E-state index in [0.717, 1.165) is 39.7 Å². The fourth-order valence-corrected chi connectivity index (χ4v) is 5.53. The molecule has 0 saturated heterocycles.